The van der Waals surface area contributed by atoms with E-state index >= 15 is 0 Å². The molecule has 1 aliphatic carbocycles. The zero-order valence-electron chi connectivity index (χ0n) is 11.6. The molecule has 0 fully saturated rings. The average Bonchev–Trinajstić information content (AvgIpc) is 2.47. The predicted octanol–water partition coefficient (Wildman–Crippen LogP) is 4.39. The van der Waals surface area contributed by atoms with Gasteiger partial charge in [-0.25, -0.2) is 4.39 Å². The van der Waals surface area contributed by atoms with Crippen molar-refractivity contribution in [2.24, 2.45) is 5.73 Å². The molecule has 0 saturated heterocycles. The molecule has 0 saturated carbocycles. The highest BCUT2D eigenvalue weighted by Gasteiger charge is 2.17. The minimum atomic E-state index is -0.350. The third-order valence-corrected chi connectivity index (χ3v) is 4.12. The van der Waals surface area contributed by atoms with Crippen LogP contribution in [0.3, 0.4) is 0 Å². The number of rotatable bonds is 3. The van der Waals surface area contributed by atoms with Gasteiger partial charge in [0, 0.05) is 16.6 Å². The van der Waals surface area contributed by atoms with Crippen molar-refractivity contribution in [3.63, 3.8) is 0 Å². The third kappa shape index (κ3) is 3.20. The van der Waals surface area contributed by atoms with Gasteiger partial charge in [-0.15, -0.1) is 0 Å². The first kappa shape index (κ1) is 14.4. The summed E-state index contributed by atoms with van der Waals surface area (Å²) in [4.78, 5) is 0. The van der Waals surface area contributed by atoms with Gasteiger partial charge in [0.2, 0.25) is 0 Å². The summed E-state index contributed by atoms with van der Waals surface area (Å²) in [6, 6.07) is 10.6. The topological polar surface area (TPSA) is 35.2 Å². The first-order valence-electron chi connectivity index (χ1n) is 7.08. The predicted molar refractivity (Wildman–Crippen MR) is 82.1 cm³/mol. The van der Waals surface area contributed by atoms with E-state index in [1.165, 1.54) is 11.6 Å². The Kier molecular flexibility index (Phi) is 4.13. The van der Waals surface area contributed by atoms with Crippen molar-refractivity contribution in [2.75, 3.05) is 0 Å². The summed E-state index contributed by atoms with van der Waals surface area (Å²) in [5.74, 6) is 0.373. The van der Waals surface area contributed by atoms with Crippen LogP contribution < -0.4 is 10.5 Å². The maximum absolute atomic E-state index is 13.7. The minimum Gasteiger partial charge on any atom is -0.489 e. The molecule has 21 heavy (non-hydrogen) atoms. The first-order valence-corrected chi connectivity index (χ1v) is 7.46. The van der Waals surface area contributed by atoms with Gasteiger partial charge in [0.05, 0.1) is 0 Å². The lowest BCUT2D eigenvalue weighted by Crippen LogP contribution is -2.17. The van der Waals surface area contributed by atoms with Crippen molar-refractivity contribution in [3.05, 3.63) is 63.9 Å². The Bertz CT molecular complexity index is 659. The molecule has 4 heteroatoms. The van der Waals surface area contributed by atoms with Gasteiger partial charge in [-0.3, -0.25) is 0 Å². The van der Waals surface area contributed by atoms with Gasteiger partial charge in [0.1, 0.15) is 18.2 Å². The quantitative estimate of drug-likeness (QED) is 0.912. The highest BCUT2D eigenvalue weighted by Crippen LogP contribution is 2.31. The fourth-order valence-electron chi connectivity index (χ4n) is 2.70. The van der Waals surface area contributed by atoms with Crippen molar-refractivity contribution >= 4 is 11.6 Å². The van der Waals surface area contributed by atoms with E-state index < -0.39 is 0 Å². The lowest BCUT2D eigenvalue weighted by molar-refractivity contribution is 0.299. The van der Waals surface area contributed by atoms with Crippen LogP contribution >= 0.6 is 11.6 Å². The molecule has 2 N–H and O–H groups in total. The van der Waals surface area contributed by atoms with Gasteiger partial charge in [-0.1, -0.05) is 23.7 Å². The van der Waals surface area contributed by atoms with Crippen LogP contribution in [0.1, 0.15) is 35.6 Å². The summed E-state index contributed by atoms with van der Waals surface area (Å²) in [5, 5.41) is 0.385. The fourth-order valence-corrected chi connectivity index (χ4v) is 2.86. The molecule has 2 aromatic rings. The number of fused-ring (bicyclic) bond motifs is 1. The normalized spacial score (nSPS) is 17.4. The average molecular weight is 306 g/mol. The van der Waals surface area contributed by atoms with Crippen molar-refractivity contribution in [1.82, 2.24) is 0 Å². The van der Waals surface area contributed by atoms with Gasteiger partial charge >= 0.3 is 0 Å². The molecular formula is C17H17ClFNO. The number of ether oxygens (including phenoxy) is 1. The molecule has 0 aliphatic heterocycles. The van der Waals surface area contributed by atoms with Crippen LogP contribution in [-0.4, -0.2) is 0 Å². The second-order valence-corrected chi connectivity index (χ2v) is 5.82. The first-order chi connectivity index (χ1) is 10.1. The number of hydrogen-bond donors (Lipinski definition) is 1. The molecule has 0 unspecified atom stereocenters. The molecule has 0 spiro atoms. The fraction of sp³-hybridized carbons (Fsp3) is 0.294. The van der Waals surface area contributed by atoms with Crippen LogP contribution in [0.25, 0.3) is 0 Å². The maximum Gasteiger partial charge on any atom is 0.131 e. The summed E-state index contributed by atoms with van der Waals surface area (Å²) in [5.41, 5.74) is 9.06. The van der Waals surface area contributed by atoms with E-state index in [2.05, 4.69) is 6.07 Å². The third-order valence-electron chi connectivity index (χ3n) is 3.89. The van der Waals surface area contributed by atoms with Crippen molar-refractivity contribution in [1.29, 1.82) is 0 Å². The molecular weight excluding hydrogens is 289 g/mol. The summed E-state index contributed by atoms with van der Waals surface area (Å²) in [6.07, 6.45) is 3.20. The zero-order valence-corrected chi connectivity index (χ0v) is 12.4. The van der Waals surface area contributed by atoms with Gasteiger partial charge in [-0.2, -0.15) is 0 Å². The largest absolute Gasteiger partial charge is 0.489 e. The summed E-state index contributed by atoms with van der Waals surface area (Å²) < 4.78 is 19.4. The number of aryl methyl sites for hydroxylation is 1. The Morgan fingerprint density at radius 3 is 2.90 bits per heavy atom. The molecule has 0 radical (unpaired) electrons. The summed E-state index contributed by atoms with van der Waals surface area (Å²) in [6.45, 7) is 0.178. The SMILES string of the molecule is N[C@H]1CCCc2ccc(OCc3ccc(Cl)cc3F)cc21. The van der Waals surface area contributed by atoms with Crippen LogP contribution in [0.5, 0.6) is 5.75 Å². The highest BCUT2D eigenvalue weighted by atomic mass is 35.5. The molecule has 1 atom stereocenters. The maximum atomic E-state index is 13.7. The second-order valence-electron chi connectivity index (χ2n) is 5.38. The highest BCUT2D eigenvalue weighted by molar-refractivity contribution is 6.30. The lowest BCUT2D eigenvalue weighted by Gasteiger charge is -2.22. The molecule has 0 bridgehead atoms. The summed E-state index contributed by atoms with van der Waals surface area (Å²) in [7, 11) is 0. The van der Waals surface area contributed by atoms with E-state index in [9.17, 15) is 4.39 Å². The Hall–Kier alpha value is -1.58. The number of halogens is 2. The Balaban J connectivity index is 1.75. The molecule has 110 valence electrons. The van der Waals surface area contributed by atoms with E-state index in [0.29, 0.717) is 10.6 Å². The molecule has 1 aliphatic rings. The van der Waals surface area contributed by atoms with Crippen molar-refractivity contribution in [3.8, 4) is 5.75 Å². The Labute approximate surface area is 128 Å². The van der Waals surface area contributed by atoms with E-state index in [1.807, 2.05) is 12.1 Å². The molecule has 2 nitrogen and oxygen atoms in total. The van der Waals surface area contributed by atoms with E-state index in [-0.39, 0.29) is 18.5 Å². The zero-order chi connectivity index (χ0) is 14.8. The smallest absolute Gasteiger partial charge is 0.131 e. The van der Waals surface area contributed by atoms with Crippen LogP contribution in [0.15, 0.2) is 36.4 Å². The van der Waals surface area contributed by atoms with Crippen molar-refractivity contribution < 1.29 is 9.13 Å². The summed E-state index contributed by atoms with van der Waals surface area (Å²) >= 11 is 5.73. The molecule has 0 heterocycles. The Morgan fingerprint density at radius 2 is 2.10 bits per heavy atom. The molecule has 2 aromatic carbocycles. The van der Waals surface area contributed by atoms with Crippen LogP contribution in [0.4, 0.5) is 4.39 Å². The van der Waals surface area contributed by atoms with Gasteiger partial charge in [-0.05, 0) is 54.7 Å². The lowest BCUT2D eigenvalue weighted by atomic mass is 9.88. The molecule has 0 amide bonds. The molecule has 3 rings (SSSR count). The van der Waals surface area contributed by atoms with Crippen molar-refractivity contribution in [2.45, 2.75) is 31.9 Å². The van der Waals surface area contributed by atoms with Gasteiger partial charge in [0.15, 0.2) is 0 Å². The van der Waals surface area contributed by atoms with E-state index in [0.717, 1.165) is 30.6 Å². The van der Waals surface area contributed by atoms with Crippen LogP contribution in [-0.2, 0) is 13.0 Å². The van der Waals surface area contributed by atoms with E-state index in [1.54, 1.807) is 12.1 Å². The Morgan fingerprint density at radius 1 is 1.24 bits per heavy atom. The van der Waals surface area contributed by atoms with Gasteiger partial charge in [0.25, 0.3) is 0 Å². The molecule has 0 aromatic heterocycles. The van der Waals surface area contributed by atoms with Gasteiger partial charge < -0.3 is 10.5 Å². The standard InChI is InChI=1S/C17H17ClFNO/c18-13-6-4-12(16(19)8-13)10-21-14-7-5-11-2-1-3-17(20)15(11)9-14/h4-9,17H,1-3,10,20H2/t17-/m0/s1. The number of nitrogens with two attached hydrogens (primary N) is 1. The minimum absolute atomic E-state index is 0.0737. The monoisotopic (exact) mass is 305 g/mol. The number of benzene rings is 2. The van der Waals surface area contributed by atoms with Crippen LogP contribution in [0.2, 0.25) is 5.02 Å². The van der Waals surface area contributed by atoms with Crippen LogP contribution in [0, 0.1) is 5.82 Å². The van der Waals surface area contributed by atoms with E-state index in [4.69, 9.17) is 22.1 Å². The second kappa shape index (κ2) is 6.04. The number of hydrogen-bond acceptors (Lipinski definition) is 2.